The van der Waals surface area contributed by atoms with Gasteiger partial charge in [-0.15, -0.1) is 6.42 Å². The summed E-state index contributed by atoms with van der Waals surface area (Å²) in [5.74, 6) is 1.56. The SMILES string of the molecule is C#CCOc1ccc2ccccc2c1C=C1NC(=O)N(CC(=O)OC)C1=O. The van der Waals surface area contributed by atoms with Crippen LogP contribution in [0.2, 0.25) is 0 Å². The van der Waals surface area contributed by atoms with Gasteiger partial charge in [0, 0.05) is 5.56 Å². The molecule has 1 N–H and O–H groups in total. The molecular weight excluding hydrogens is 348 g/mol. The van der Waals surface area contributed by atoms with Crippen molar-refractivity contribution >= 4 is 34.8 Å². The maximum Gasteiger partial charge on any atom is 0.329 e. The highest BCUT2D eigenvalue weighted by atomic mass is 16.5. The van der Waals surface area contributed by atoms with Crippen LogP contribution in [0.25, 0.3) is 16.8 Å². The lowest BCUT2D eigenvalue weighted by Crippen LogP contribution is -2.36. The van der Waals surface area contributed by atoms with Gasteiger partial charge in [0.1, 0.15) is 24.6 Å². The third-order valence-electron chi connectivity index (χ3n) is 4.01. The zero-order valence-electron chi connectivity index (χ0n) is 14.5. The highest BCUT2D eigenvalue weighted by molar-refractivity contribution is 6.16. The van der Waals surface area contributed by atoms with Gasteiger partial charge < -0.3 is 14.8 Å². The first-order chi connectivity index (χ1) is 13.0. The summed E-state index contributed by atoms with van der Waals surface area (Å²) < 4.78 is 10.1. The van der Waals surface area contributed by atoms with E-state index in [4.69, 9.17) is 11.2 Å². The normalized spacial score (nSPS) is 15.0. The topological polar surface area (TPSA) is 84.9 Å². The van der Waals surface area contributed by atoms with Crippen LogP contribution >= 0.6 is 0 Å². The van der Waals surface area contributed by atoms with Gasteiger partial charge in [-0.1, -0.05) is 36.3 Å². The Morgan fingerprint density at radius 1 is 1.26 bits per heavy atom. The molecule has 1 saturated heterocycles. The smallest absolute Gasteiger partial charge is 0.329 e. The number of benzene rings is 2. The summed E-state index contributed by atoms with van der Waals surface area (Å²) in [6.07, 6.45) is 6.79. The number of rotatable bonds is 5. The molecule has 2 aromatic carbocycles. The molecule has 136 valence electrons. The number of hydrogen-bond acceptors (Lipinski definition) is 5. The molecule has 0 spiro atoms. The van der Waals surface area contributed by atoms with Crippen LogP contribution in [0.1, 0.15) is 5.56 Å². The van der Waals surface area contributed by atoms with Gasteiger partial charge in [0.05, 0.1) is 7.11 Å². The van der Waals surface area contributed by atoms with Crippen LogP contribution in [-0.2, 0) is 14.3 Å². The Morgan fingerprint density at radius 3 is 2.78 bits per heavy atom. The standard InChI is InChI=1S/C20H16N2O5/c1-3-10-27-17-9-8-13-6-4-5-7-14(13)15(17)11-16-19(24)22(20(25)21-16)12-18(23)26-2/h1,4-9,11H,10,12H2,2H3,(H,21,25). The molecule has 1 aliphatic rings. The number of carbonyl (C=O) groups excluding carboxylic acids is 3. The van der Waals surface area contributed by atoms with Crippen molar-refractivity contribution in [3.63, 3.8) is 0 Å². The minimum absolute atomic E-state index is 0.0332. The van der Waals surface area contributed by atoms with E-state index in [0.717, 1.165) is 15.7 Å². The molecule has 0 unspecified atom stereocenters. The lowest BCUT2D eigenvalue weighted by molar-refractivity contribution is -0.143. The van der Waals surface area contributed by atoms with E-state index in [1.54, 1.807) is 6.07 Å². The average Bonchev–Trinajstić information content (AvgIpc) is 2.94. The zero-order chi connectivity index (χ0) is 19.4. The summed E-state index contributed by atoms with van der Waals surface area (Å²) in [4.78, 5) is 36.8. The van der Waals surface area contributed by atoms with Gasteiger partial charge in [-0.2, -0.15) is 0 Å². The average molecular weight is 364 g/mol. The van der Waals surface area contributed by atoms with Crippen molar-refractivity contribution in [1.82, 2.24) is 10.2 Å². The van der Waals surface area contributed by atoms with Gasteiger partial charge in [-0.3, -0.25) is 9.59 Å². The first kappa shape index (κ1) is 18.0. The maximum absolute atomic E-state index is 12.5. The van der Waals surface area contributed by atoms with Crippen LogP contribution in [0.4, 0.5) is 4.79 Å². The largest absolute Gasteiger partial charge is 0.480 e. The van der Waals surface area contributed by atoms with E-state index >= 15 is 0 Å². The Hall–Kier alpha value is -3.79. The number of carbonyl (C=O) groups is 3. The van der Waals surface area contributed by atoms with Crippen molar-refractivity contribution in [2.75, 3.05) is 20.3 Å². The summed E-state index contributed by atoms with van der Waals surface area (Å²) in [5.41, 5.74) is 0.637. The summed E-state index contributed by atoms with van der Waals surface area (Å²) >= 11 is 0. The number of methoxy groups -OCH3 is 1. The number of urea groups is 1. The minimum Gasteiger partial charge on any atom is -0.480 e. The van der Waals surface area contributed by atoms with E-state index in [-0.39, 0.29) is 12.3 Å². The first-order valence-corrected chi connectivity index (χ1v) is 8.04. The van der Waals surface area contributed by atoms with Crippen LogP contribution in [0.5, 0.6) is 5.75 Å². The van der Waals surface area contributed by atoms with Crippen molar-refractivity contribution in [2.45, 2.75) is 0 Å². The maximum atomic E-state index is 12.5. The molecule has 0 aromatic heterocycles. The van der Waals surface area contributed by atoms with Crippen LogP contribution < -0.4 is 10.1 Å². The van der Waals surface area contributed by atoms with Crippen molar-refractivity contribution in [1.29, 1.82) is 0 Å². The molecule has 0 bridgehead atoms. The fourth-order valence-electron chi connectivity index (χ4n) is 2.72. The van der Waals surface area contributed by atoms with E-state index in [1.807, 2.05) is 30.3 Å². The third kappa shape index (κ3) is 3.60. The second-order valence-electron chi connectivity index (χ2n) is 5.65. The second-order valence-corrected chi connectivity index (χ2v) is 5.65. The fourth-order valence-corrected chi connectivity index (χ4v) is 2.72. The van der Waals surface area contributed by atoms with Gasteiger partial charge in [-0.05, 0) is 22.9 Å². The number of amides is 3. The van der Waals surface area contributed by atoms with E-state index in [0.29, 0.717) is 11.3 Å². The van der Waals surface area contributed by atoms with Crippen molar-refractivity contribution in [3.8, 4) is 18.1 Å². The second kappa shape index (κ2) is 7.62. The van der Waals surface area contributed by atoms with E-state index in [9.17, 15) is 14.4 Å². The van der Waals surface area contributed by atoms with Crippen molar-refractivity contribution < 1.29 is 23.9 Å². The first-order valence-electron chi connectivity index (χ1n) is 8.04. The van der Waals surface area contributed by atoms with Gasteiger partial charge >= 0.3 is 12.0 Å². The number of ether oxygens (including phenoxy) is 2. The molecule has 0 atom stereocenters. The summed E-state index contributed by atoms with van der Waals surface area (Å²) in [5, 5.41) is 4.23. The minimum atomic E-state index is -0.692. The van der Waals surface area contributed by atoms with Gasteiger partial charge in [-0.25, -0.2) is 9.69 Å². The van der Waals surface area contributed by atoms with E-state index < -0.39 is 24.5 Å². The summed E-state index contributed by atoms with van der Waals surface area (Å²) in [6.45, 7) is -0.405. The molecule has 27 heavy (non-hydrogen) atoms. The molecule has 3 rings (SSSR count). The Balaban J connectivity index is 2.04. The number of esters is 1. The van der Waals surface area contributed by atoms with Crippen molar-refractivity contribution in [2.24, 2.45) is 0 Å². The lowest BCUT2D eigenvalue weighted by atomic mass is 10.0. The molecule has 0 aliphatic carbocycles. The molecule has 3 amide bonds. The molecule has 1 heterocycles. The predicted octanol–water partition coefficient (Wildman–Crippen LogP) is 1.92. The Morgan fingerprint density at radius 2 is 2.04 bits per heavy atom. The molecule has 0 radical (unpaired) electrons. The quantitative estimate of drug-likeness (QED) is 0.379. The molecule has 0 saturated carbocycles. The number of imide groups is 1. The molecule has 2 aromatic rings. The number of nitrogens with one attached hydrogen (secondary N) is 1. The van der Waals surface area contributed by atoms with Crippen LogP contribution in [0.3, 0.4) is 0 Å². The highest BCUT2D eigenvalue weighted by Crippen LogP contribution is 2.31. The zero-order valence-corrected chi connectivity index (χ0v) is 14.5. The molecule has 7 nitrogen and oxygen atoms in total. The Bertz CT molecular complexity index is 1000. The number of nitrogens with zero attached hydrogens (tertiary/aromatic N) is 1. The Kier molecular flexibility index (Phi) is 5.08. The highest BCUT2D eigenvalue weighted by Gasteiger charge is 2.35. The van der Waals surface area contributed by atoms with Crippen molar-refractivity contribution in [3.05, 3.63) is 47.7 Å². The van der Waals surface area contributed by atoms with Crippen LogP contribution in [-0.4, -0.2) is 43.1 Å². The third-order valence-corrected chi connectivity index (χ3v) is 4.01. The molecule has 1 fully saturated rings. The predicted molar refractivity (Wildman–Crippen MR) is 98.5 cm³/mol. The van der Waals surface area contributed by atoms with Crippen LogP contribution in [0, 0.1) is 12.3 Å². The van der Waals surface area contributed by atoms with Gasteiger partial charge in [0.2, 0.25) is 0 Å². The number of hydrogen-bond donors (Lipinski definition) is 1. The van der Waals surface area contributed by atoms with Crippen LogP contribution in [0.15, 0.2) is 42.1 Å². The number of terminal acetylenes is 1. The molecular formula is C20H16N2O5. The number of fused-ring (bicyclic) bond motifs is 1. The Labute approximate surface area is 155 Å². The summed E-state index contributed by atoms with van der Waals surface area (Å²) in [6, 6.07) is 10.5. The lowest BCUT2D eigenvalue weighted by Gasteiger charge is -2.11. The molecule has 1 aliphatic heterocycles. The molecule has 7 heteroatoms. The summed E-state index contributed by atoms with van der Waals surface area (Å²) in [7, 11) is 1.18. The monoisotopic (exact) mass is 364 g/mol. The van der Waals surface area contributed by atoms with Gasteiger partial charge in [0.15, 0.2) is 0 Å². The van der Waals surface area contributed by atoms with E-state index in [1.165, 1.54) is 13.2 Å². The van der Waals surface area contributed by atoms with E-state index in [2.05, 4.69) is 16.0 Å². The van der Waals surface area contributed by atoms with Gasteiger partial charge in [0.25, 0.3) is 5.91 Å². The fraction of sp³-hybridized carbons (Fsp3) is 0.150.